The van der Waals surface area contributed by atoms with Crippen molar-refractivity contribution in [2.24, 2.45) is 0 Å². The summed E-state index contributed by atoms with van der Waals surface area (Å²) in [7, 11) is -1.84. The summed E-state index contributed by atoms with van der Waals surface area (Å²) in [4.78, 5) is 0. The van der Waals surface area contributed by atoms with Gasteiger partial charge in [-0.2, -0.15) is 0 Å². The lowest BCUT2D eigenvalue weighted by molar-refractivity contribution is 0.276. The summed E-state index contributed by atoms with van der Waals surface area (Å²) in [6.45, 7) is -0.140. The van der Waals surface area contributed by atoms with Crippen LogP contribution in [0, 0.1) is 0 Å². The molecule has 0 bridgehead atoms. The van der Waals surface area contributed by atoms with Crippen LogP contribution >= 0.6 is 15.9 Å². The Kier molecular flexibility index (Phi) is 3.74. The van der Waals surface area contributed by atoms with Crippen LogP contribution in [0.3, 0.4) is 0 Å². The van der Waals surface area contributed by atoms with Crippen molar-refractivity contribution >= 4 is 23.3 Å². The van der Waals surface area contributed by atoms with Gasteiger partial charge in [-0.15, -0.1) is 0 Å². The van der Waals surface area contributed by atoms with Crippen molar-refractivity contribution in [3.05, 3.63) is 28.2 Å². The van der Waals surface area contributed by atoms with Gasteiger partial charge in [0.15, 0.2) is 0 Å². The molecule has 0 atom stereocenters. The third-order valence-electron chi connectivity index (χ3n) is 1.43. The number of hydrogen-bond acceptors (Lipinski definition) is 4. The van der Waals surface area contributed by atoms with Gasteiger partial charge in [-0.05, 0) is 23.8 Å². The van der Waals surface area contributed by atoms with Crippen molar-refractivity contribution in [1.82, 2.24) is 0 Å². The van der Waals surface area contributed by atoms with Crippen molar-refractivity contribution in [3.63, 3.8) is 0 Å². The first-order valence-corrected chi connectivity index (χ1v) is 4.35. The second-order valence-electron chi connectivity index (χ2n) is 2.36. The van der Waals surface area contributed by atoms with Gasteiger partial charge >= 0.3 is 7.32 Å². The van der Waals surface area contributed by atoms with Crippen LogP contribution in [0.5, 0.6) is 5.75 Å². The largest absolute Gasteiger partial charge is 0.707 e. The number of aliphatic hydroxyl groups excluding tert-OH is 1. The monoisotopic (exact) mass is 246 g/mol. The van der Waals surface area contributed by atoms with Crippen LogP contribution < -0.4 is 4.65 Å². The van der Waals surface area contributed by atoms with Gasteiger partial charge in [0.1, 0.15) is 5.75 Å². The van der Waals surface area contributed by atoms with Gasteiger partial charge < -0.3 is 19.8 Å². The molecule has 0 fully saturated rings. The molecule has 0 heterocycles. The molecule has 70 valence electrons. The van der Waals surface area contributed by atoms with E-state index in [1.165, 1.54) is 6.07 Å². The van der Waals surface area contributed by atoms with E-state index in [4.69, 9.17) is 15.2 Å². The van der Waals surface area contributed by atoms with Gasteiger partial charge in [-0.25, -0.2) is 0 Å². The van der Waals surface area contributed by atoms with E-state index in [0.29, 0.717) is 11.3 Å². The average molecular weight is 247 g/mol. The second kappa shape index (κ2) is 4.62. The second-order valence-corrected chi connectivity index (χ2v) is 3.21. The van der Waals surface area contributed by atoms with E-state index in [1.54, 1.807) is 12.1 Å². The smallest absolute Gasteiger partial charge is 0.512 e. The highest BCUT2D eigenvalue weighted by Gasteiger charge is 2.11. The van der Waals surface area contributed by atoms with E-state index in [2.05, 4.69) is 20.6 Å². The Bertz CT molecular complexity index is 292. The van der Waals surface area contributed by atoms with Crippen LogP contribution in [0.1, 0.15) is 5.56 Å². The van der Waals surface area contributed by atoms with Crippen LogP contribution in [0.15, 0.2) is 22.7 Å². The molecule has 1 aromatic rings. The first kappa shape index (κ1) is 10.5. The number of benzene rings is 1. The van der Waals surface area contributed by atoms with Crippen molar-refractivity contribution < 1.29 is 19.8 Å². The molecule has 0 aliphatic carbocycles. The van der Waals surface area contributed by atoms with Crippen LogP contribution in [0.25, 0.3) is 0 Å². The zero-order valence-electron chi connectivity index (χ0n) is 6.64. The number of hydrogen-bond donors (Lipinski definition) is 3. The molecule has 1 aromatic carbocycles. The molecule has 0 amide bonds. The van der Waals surface area contributed by atoms with Crippen molar-refractivity contribution in [1.29, 1.82) is 0 Å². The summed E-state index contributed by atoms with van der Waals surface area (Å²) < 4.78 is 5.34. The van der Waals surface area contributed by atoms with Crippen LogP contribution in [0.4, 0.5) is 0 Å². The maximum absolute atomic E-state index is 8.87. The third kappa shape index (κ3) is 3.00. The number of aliphatic hydroxyl groups is 1. The zero-order chi connectivity index (χ0) is 9.84. The van der Waals surface area contributed by atoms with Crippen molar-refractivity contribution in [3.8, 4) is 5.75 Å². The lowest BCUT2D eigenvalue weighted by atomic mass is 10.2. The highest BCUT2D eigenvalue weighted by molar-refractivity contribution is 9.10. The van der Waals surface area contributed by atoms with Gasteiger partial charge in [-0.1, -0.05) is 15.9 Å². The molecule has 4 nitrogen and oxygen atoms in total. The minimum atomic E-state index is -1.84. The van der Waals surface area contributed by atoms with Gasteiger partial charge in [0.05, 0.1) is 6.61 Å². The Morgan fingerprint density at radius 3 is 2.62 bits per heavy atom. The minimum absolute atomic E-state index is 0.140. The highest BCUT2D eigenvalue weighted by Crippen LogP contribution is 2.22. The maximum atomic E-state index is 8.87. The third-order valence-corrected chi connectivity index (χ3v) is 2.20. The maximum Gasteiger partial charge on any atom is 0.707 e. The highest BCUT2D eigenvalue weighted by atomic mass is 79.9. The van der Waals surface area contributed by atoms with Gasteiger partial charge in [0.25, 0.3) is 0 Å². The van der Waals surface area contributed by atoms with E-state index >= 15 is 0 Å². The Morgan fingerprint density at radius 1 is 1.38 bits per heavy atom. The van der Waals surface area contributed by atoms with Gasteiger partial charge in [0.2, 0.25) is 0 Å². The molecule has 0 aromatic heterocycles. The Morgan fingerprint density at radius 2 is 2.08 bits per heavy atom. The summed E-state index contributed by atoms with van der Waals surface area (Å²) in [6.07, 6.45) is 0. The SMILES string of the molecule is OCc1cc(OB(O)O)ccc1Br. The molecule has 13 heavy (non-hydrogen) atoms. The lowest BCUT2D eigenvalue weighted by Gasteiger charge is -2.07. The molecule has 0 saturated heterocycles. The van der Waals surface area contributed by atoms with Gasteiger partial charge in [-0.3, -0.25) is 0 Å². The molecule has 0 radical (unpaired) electrons. The van der Waals surface area contributed by atoms with Gasteiger partial charge in [0, 0.05) is 4.47 Å². The zero-order valence-corrected chi connectivity index (χ0v) is 8.23. The Hall–Kier alpha value is -0.555. The molecule has 0 aliphatic rings. The molecule has 1 rings (SSSR count). The van der Waals surface area contributed by atoms with E-state index in [-0.39, 0.29) is 6.61 Å². The van der Waals surface area contributed by atoms with E-state index < -0.39 is 7.32 Å². The van der Waals surface area contributed by atoms with Crippen molar-refractivity contribution in [2.45, 2.75) is 6.61 Å². The molecule has 0 spiro atoms. The summed E-state index contributed by atoms with van der Waals surface area (Å²) in [6, 6.07) is 4.73. The van der Waals surface area contributed by atoms with Crippen molar-refractivity contribution in [2.75, 3.05) is 0 Å². The first-order valence-electron chi connectivity index (χ1n) is 3.55. The molecule has 0 saturated carbocycles. The summed E-state index contributed by atoms with van der Waals surface area (Å²) >= 11 is 3.22. The normalized spacial score (nSPS) is 9.85. The Balaban J connectivity index is 2.86. The fraction of sp³-hybridized carbons (Fsp3) is 0.143. The topological polar surface area (TPSA) is 69.9 Å². The number of halogens is 1. The fourth-order valence-corrected chi connectivity index (χ4v) is 1.24. The predicted octanol–water partition coefficient (Wildman–Crippen LogP) is 0.290. The quantitative estimate of drug-likeness (QED) is 0.671. The van der Waals surface area contributed by atoms with Crippen LogP contribution in [-0.4, -0.2) is 22.5 Å². The Labute approximate surface area is 84.1 Å². The number of rotatable bonds is 3. The van der Waals surface area contributed by atoms with E-state index in [1.807, 2.05) is 0 Å². The van der Waals surface area contributed by atoms with Crippen LogP contribution in [-0.2, 0) is 6.61 Å². The fourth-order valence-electron chi connectivity index (χ4n) is 0.867. The first-order chi connectivity index (χ1) is 6.13. The van der Waals surface area contributed by atoms with E-state index in [9.17, 15) is 0 Å². The molecule has 3 N–H and O–H groups in total. The minimum Gasteiger partial charge on any atom is -0.512 e. The molecular weight excluding hydrogens is 239 g/mol. The van der Waals surface area contributed by atoms with E-state index in [0.717, 1.165) is 4.47 Å². The molecule has 0 aliphatic heterocycles. The van der Waals surface area contributed by atoms with Crippen LogP contribution in [0.2, 0.25) is 0 Å². The summed E-state index contributed by atoms with van der Waals surface area (Å²) in [5, 5.41) is 25.9. The lowest BCUT2D eigenvalue weighted by Crippen LogP contribution is -2.20. The predicted molar refractivity (Wildman–Crippen MR) is 50.9 cm³/mol. The standard InChI is InChI=1S/C7H8BBrO4/c9-7-2-1-6(13-8(11)12)3-5(7)4-10/h1-3,10-12H,4H2. The summed E-state index contributed by atoms with van der Waals surface area (Å²) in [5.41, 5.74) is 0.623. The molecular formula is C7H8BBrO4. The summed E-state index contributed by atoms with van der Waals surface area (Å²) in [5.74, 6) is 0.294. The molecule has 6 heteroatoms. The average Bonchev–Trinajstić information content (AvgIpc) is 2.07. The molecule has 0 unspecified atom stereocenters.